The fraction of sp³-hybridized carbons (Fsp3) is 0.0909. The predicted octanol–water partition coefficient (Wildman–Crippen LogP) is 5.86. The van der Waals surface area contributed by atoms with Gasteiger partial charge in [-0.2, -0.15) is 0 Å². The summed E-state index contributed by atoms with van der Waals surface area (Å²) >= 11 is 0. The second kappa shape index (κ2) is 7.05. The first-order valence-corrected chi connectivity index (χ1v) is 8.08. The van der Waals surface area contributed by atoms with Crippen LogP contribution in [0.25, 0.3) is 28.3 Å². The topological polar surface area (TPSA) is 40.5 Å². The Bertz CT molecular complexity index is 850. The molecular formula is C22H20O2. The Morgan fingerprint density at radius 1 is 0.792 bits per heavy atom. The van der Waals surface area contributed by atoms with E-state index in [4.69, 9.17) is 0 Å². The maximum atomic E-state index is 10.6. The van der Waals surface area contributed by atoms with Crippen LogP contribution in [0.15, 0.2) is 72.8 Å². The number of phenolic OH excluding ortho intramolecular Hbond substituents is 2. The summed E-state index contributed by atoms with van der Waals surface area (Å²) in [5.74, 6) is -0.196. The average Bonchev–Trinajstić information content (AvgIpc) is 2.63. The highest BCUT2D eigenvalue weighted by molar-refractivity contribution is 5.94. The van der Waals surface area contributed by atoms with Gasteiger partial charge in [-0.1, -0.05) is 79.7 Å². The van der Waals surface area contributed by atoms with Gasteiger partial charge >= 0.3 is 0 Å². The largest absolute Gasteiger partial charge is 0.504 e. The Balaban J connectivity index is 2.37. The first kappa shape index (κ1) is 15.9. The molecule has 0 fully saturated rings. The number of allylic oxidation sites excluding steroid dienone is 1. The van der Waals surface area contributed by atoms with Crippen molar-refractivity contribution in [1.82, 2.24) is 0 Å². The van der Waals surface area contributed by atoms with Crippen molar-refractivity contribution in [1.29, 1.82) is 0 Å². The zero-order valence-electron chi connectivity index (χ0n) is 13.6. The molecule has 0 radical (unpaired) electrons. The van der Waals surface area contributed by atoms with Crippen molar-refractivity contribution in [2.45, 2.75) is 13.3 Å². The van der Waals surface area contributed by atoms with Crippen LogP contribution in [0.2, 0.25) is 0 Å². The Hall–Kier alpha value is -3.00. The van der Waals surface area contributed by atoms with Crippen molar-refractivity contribution in [3.05, 3.63) is 78.4 Å². The van der Waals surface area contributed by atoms with Crippen molar-refractivity contribution in [3.8, 4) is 33.8 Å². The summed E-state index contributed by atoms with van der Waals surface area (Å²) in [5, 5.41) is 20.8. The molecule has 24 heavy (non-hydrogen) atoms. The van der Waals surface area contributed by atoms with E-state index in [0.29, 0.717) is 5.56 Å². The first-order chi connectivity index (χ1) is 11.7. The molecule has 0 atom stereocenters. The molecule has 0 aliphatic carbocycles. The van der Waals surface area contributed by atoms with E-state index in [2.05, 4.69) is 6.92 Å². The molecule has 0 saturated carbocycles. The van der Waals surface area contributed by atoms with Gasteiger partial charge in [-0.25, -0.2) is 0 Å². The predicted molar refractivity (Wildman–Crippen MR) is 100.0 cm³/mol. The molecule has 0 aromatic heterocycles. The van der Waals surface area contributed by atoms with E-state index in [-0.39, 0.29) is 11.5 Å². The normalized spacial score (nSPS) is 11.0. The molecule has 2 N–H and O–H groups in total. The summed E-state index contributed by atoms with van der Waals surface area (Å²) in [5.41, 5.74) is 4.33. The van der Waals surface area contributed by atoms with Crippen LogP contribution in [0, 0.1) is 0 Å². The smallest absolute Gasteiger partial charge is 0.166 e. The van der Waals surface area contributed by atoms with Crippen LogP contribution in [-0.4, -0.2) is 10.2 Å². The lowest BCUT2D eigenvalue weighted by molar-refractivity contribution is 0.405. The molecule has 0 bridgehead atoms. The SMILES string of the molecule is CCC=Cc1cc(O)c(O)c(-c2ccccc2)c1-c1ccccc1. The van der Waals surface area contributed by atoms with Crippen molar-refractivity contribution in [2.24, 2.45) is 0 Å². The van der Waals surface area contributed by atoms with E-state index in [9.17, 15) is 10.2 Å². The zero-order chi connectivity index (χ0) is 16.9. The molecule has 0 heterocycles. The third kappa shape index (κ3) is 3.04. The van der Waals surface area contributed by atoms with Gasteiger partial charge in [0.25, 0.3) is 0 Å². The number of hydrogen-bond acceptors (Lipinski definition) is 2. The van der Waals surface area contributed by atoms with Crippen molar-refractivity contribution in [3.63, 3.8) is 0 Å². The summed E-state index contributed by atoms with van der Waals surface area (Å²) in [4.78, 5) is 0. The molecule has 2 heteroatoms. The van der Waals surface area contributed by atoms with Gasteiger partial charge in [-0.15, -0.1) is 0 Å². The minimum Gasteiger partial charge on any atom is -0.504 e. The third-order valence-corrected chi connectivity index (χ3v) is 3.97. The number of hydrogen-bond donors (Lipinski definition) is 2. The summed E-state index contributed by atoms with van der Waals surface area (Å²) < 4.78 is 0. The number of rotatable bonds is 4. The van der Waals surface area contributed by atoms with E-state index < -0.39 is 0 Å². The van der Waals surface area contributed by atoms with Crippen LogP contribution in [-0.2, 0) is 0 Å². The molecule has 0 spiro atoms. The molecule has 0 aliphatic heterocycles. The van der Waals surface area contributed by atoms with Gasteiger partial charge in [0.15, 0.2) is 11.5 Å². The molecule has 0 aliphatic rings. The van der Waals surface area contributed by atoms with Gasteiger partial charge in [0, 0.05) is 11.1 Å². The van der Waals surface area contributed by atoms with Crippen LogP contribution in [0.4, 0.5) is 0 Å². The first-order valence-electron chi connectivity index (χ1n) is 8.08. The van der Waals surface area contributed by atoms with Crippen molar-refractivity contribution >= 4 is 6.08 Å². The van der Waals surface area contributed by atoms with Crippen LogP contribution in [0.3, 0.4) is 0 Å². The summed E-state index contributed by atoms with van der Waals surface area (Å²) in [6.07, 6.45) is 4.94. The molecule has 0 saturated heterocycles. The molecule has 0 amide bonds. The number of benzene rings is 3. The van der Waals surface area contributed by atoms with E-state index in [1.807, 2.05) is 72.8 Å². The fourth-order valence-corrected chi connectivity index (χ4v) is 2.86. The van der Waals surface area contributed by atoms with Crippen LogP contribution in [0.1, 0.15) is 18.9 Å². The fourth-order valence-electron chi connectivity index (χ4n) is 2.86. The minimum absolute atomic E-state index is 0.0892. The molecule has 2 nitrogen and oxygen atoms in total. The molecule has 0 unspecified atom stereocenters. The van der Waals surface area contributed by atoms with E-state index >= 15 is 0 Å². The van der Waals surface area contributed by atoms with Gasteiger partial charge in [0.2, 0.25) is 0 Å². The monoisotopic (exact) mass is 316 g/mol. The highest BCUT2D eigenvalue weighted by Crippen LogP contribution is 2.46. The quantitative estimate of drug-likeness (QED) is 0.592. The second-order valence-corrected chi connectivity index (χ2v) is 5.63. The van der Waals surface area contributed by atoms with E-state index in [1.54, 1.807) is 6.07 Å². The van der Waals surface area contributed by atoms with Crippen LogP contribution in [0.5, 0.6) is 11.5 Å². The Kier molecular flexibility index (Phi) is 4.66. The lowest BCUT2D eigenvalue weighted by atomic mass is 9.89. The Labute approximate surface area is 142 Å². The molecule has 120 valence electrons. The van der Waals surface area contributed by atoms with Crippen LogP contribution < -0.4 is 0 Å². The van der Waals surface area contributed by atoms with Gasteiger partial charge < -0.3 is 10.2 Å². The Morgan fingerprint density at radius 2 is 1.33 bits per heavy atom. The summed E-state index contributed by atoms with van der Waals surface area (Å²) in [7, 11) is 0. The third-order valence-electron chi connectivity index (χ3n) is 3.97. The average molecular weight is 316 g/mol. The van der Waals surface area contributed by atoms with Gasteiger partial charge in [0.05, 0.1) is 0 Å². The molecular weight excluding hydrogens is 296 g/mol. The zero-order valence-corrected chi connectivity index (χ0v) is 13.6. The van der Waals surface area contributed by atoms with Crippen LogP contribution >= 0.6 is 0 Å². The maximum absolute atomic E-state index is 10.6. The standard InChI is InChI=1S/C22H20O2/c1-2-3-10-18-15-19(23)22(24)21(17-13-8-5-9-14-17)20(18)16-11-6-4-7-12-16/h3-15,23-24H,2H2,1H3. The lowest BCUT2D eigenvalue weighted by Gasteiger charge is -2.17. The molecule has 3 aromatic carbocycles. The maximum Gasteiger partial charge on any atom is 0.166 e. The van der Waals surface area contributed by atoms with Crippen molar-refractivity contribution < 1.29 is 10.2 Å². The van der Waals surface area contributed by atoms with Gasteiger partial charge in [0.1, 0.15) is 0 Å². The second-order valence-electron chi connectivity index (χ2n) is 5.63. The molecule has 3 aromatic rings. The number of aromatic hydroxyl groups is 2. The Morgan fingerprint density at radius 3 is 1.88 bits per heavy atom. The van der Waals surface area contributed by atoms with Gasteiger partial charge in [-0.05, 0) is 29.2 Å². The van der Waals surface area contributed by atoms with E-state index in [0.717, 1.165) is 28.7 Å². The molecule has 3 rings (SSSR count). The van der Waals surface area contributed by atoms with Gasteiger partial charge in [-0.3, -0.25) is 0 Å². The highest BCUT2D eigenvalue weighted by atomic mass is 16.3. The lowest BCUT2D eigenvalue weighted by Crippen LogP contribution is -1.91. The minimum atomic E-state index is -0.107. The summed E-state index contributed by atoms with van der Waals surface area (Å²) in [6, 6.07) is 21.2. The highest BCUT2D eigenvalue weighted by Gasteiger charge is 2.19. The van der Waals surface area contributed by atoms with E-state index in [1.165, 1.54) is 0 Å². The van der Waals surface area contributed by atoms with Crippen molar-refractivity contribution in [2.75, 3.05) is 0 Å². The number of phenols is 2. The summed E-state index contributed by atoms with van der Waals surface area (Å²) in [6.45, 7) is 2.07.